The molecule has 1 amide bonds. The number of benzene rings is 1. The predicted molar refractivity (Wildman–Crippen MR) is 103 cm³/mol. The van der Waals surface area contributed by atoms with E-state index < -0.39 is 16.0 Å². The van der Waals surface area contributed by atoms with Crippen molar-refractivity contribution < 1.29 is 22.7 Å². The van der Waals surface area contributed by atoms with Gasteiger partial charge in [-0.05, 0) is 30.9 Å². The molecule has 9 heteroatoms. The Morgan fingerprint density at radius 3 is 2.71 bits per heavy atom. The van der Waals surface area contributed by atoms with Gasteiger partial charge in [-0.2, -0.15) is 8.42 Å². The summed E-state index contributed by atoms with van der Waals surface area (Å²) >= 11 is 0. The topological polar surface area (TPSA) is 105 Å². The van der Waals surface area contributed by atoms with Crippen LogP contribution in [-0.4, -0.2) is 57.3 Å². The number of ether oxygens (including phenoxy) is 1. The monoisotopic (exact) mass is 407 g/mol. The Kier molecular flexibility index (Phi) is 6.02. The van der Waals surface area contributed by atoms with Crippen molar-refractivity contribution in [3.8, 4) is 0 Å². The third-order valence-corrected chi connectivity index (χ3v) is 6.49. The lowest BCUT2D eigenvalue weighted by Gasteiger charge is -2.29. The van der Waals surface area contributed by atoms with E-state index in [4.69, 9.17) is 4.74 Å². The average Bonchev–Trinajstić information content (AvgIpc) is 2.94. The zero-order valence-corrected chi connectivity index (χ0v) is 16.9. The van der Waals surface area contributed by atoms with Crippen LogP contribution in [0.25, 0.3) is 0 Å². The number of hydrogen-bond donors (Lipinski definition) is 1. The number of nitrogens with one attached hydrogen (secondary N) is 1. The summed E-state index contributed by atoms with van der Waals surface area (Å²) in [6.07, 6.45) is 4.29. The number of likely N-dealkylation sites (N-methyl/N-ethyl adjacent to an activating group) is 1. The smallest absolute Gasteiger partial charge is 0.326 e. The summed E-state index contributed by atoms with van der Waals surface area (Å²) in [6, 6.07) is 6.56. The third kappa shape index (κ3) is 4.52. The molecule has 1 aliphatic carbocycles. The van der Waals surface area contributed by atoms with Crippen LogP contribution in [0.3, 0.4) is 0 Å². The molecule has 2 aliphatic rings. The Labute approximate surface area is 165 Å². The van der Waals surface area contributed by atoms with Gasteiger partial charge in [-0.3, -0.25) is 9.59 Å². The molecule has 0 aromatic heterocycles. The van der Waals surface area contributed by atoms with Gasteiger partial charge in [-0.25, -0.2) is 0 Å². The summed E-state index contributed by atoms with van der Waals surface area (Å²) in [5.41, 5.74) is 0.446. The Bertz CT molecular complexity index is 897. The van der Waals surface area contributed by atoms with Crippen molar-refractivity contribution in [2.24, 2.45) is 10.3 Å². The summed E-state index contributed by atoms with van der Waals surface area (Å²) in [6.45, 7) is 1.55. The van der Waals surface area contributed by atoms with E-state index in [1.165, 1.54) is 17.4 Å². The first-order chi connectivity index (χ1) is 13.3. The lowest BCUT2D eigenvalue weighted by atomic mass is 9.86. The van der Waals surface area contributed by atoms with Crippen molar-refractivity contribution in [3.63, 3.8) is 0 Å². The molecular weight excluding hydrogens is 382 g/mol. The van der Waals surface area contributed by atoms with Crippen molar-refractivity contribution in [1.82, 2.24) is 10.2 Å². The van der Waals surface area contributed by atoms with Gasteiger partial charge in [0.25, 0.3) is 15.9 Å². The molecule has 0 spiro atoms. The van der Waals surface area contributed by atoms with Crippen LogP contribution in [0.1, 0.15) is 38.2 Å². The highest BCUT2D eigenvalue weighted by atomic mass is 32.2. The molecule has 1 N–H and O–H groups in total. The molecule has 2 atom stereocenters. The minimum absolute atomic E-state index is 0.117. The maximum absolute atomic E-state index is 12.1. The second-order valence-electron chi connectivity index (χ2n) is 7.34. The predicted octanol–water partition coefficient (Wildman–Crippen LogP) is 1.31. The fourth-order valence-electron chi connectivity index (χ4n) is 3.60. The molecule has 1 fully saturated rings. The van der Waals surface area contributed by atoms with Gasteiger partial charge in [0, 0.05) is 18.7 Å². The number of carbonyl (C=O) groups excluding carboxylic acids is 2. The largest absolute Gasteiger partial charge is 0.454 e. The van der Waals surface area contributed by atoms with E-state index in [0.29, 0.717) is 11.5 Å². The molecule has 1 aromatic rings. The summed E-state index contributed by atoms with van der Waals surface area (Å²) in [4.78, 5) is 25.7. The number of sulfonamides is 1. The van der Waals surface area contributed by atoms with Crippen LogP contribution in [0, 0.1) is 5.92 Å². The van der Waals surface area contributed by atoms with Gasteiger partial charge in [0.1, 0.15) is 11.4 Å². The van der Waals surface area contributed by atoms with Gasteiger partial charge in [-0.1, -0.05) is 31.9 Å². The van der Waals surface area contributed by atoms with Crippen LogP contribution in [0.5, 0.6) is 0 Å². The SMILES string of the molecule is C[C@H]1CCCC[C@@H]1NC(=O)COC(=O)CN(C)C1=NS(=O)(=O)c2ccccc21. The summed E-state index contributed by atoms with van der Waals surface area (Å²) in [5.74, 6) is -0.338. The van der Waals surface area contributed by atoms with Gasteiger partial charge in [-0.15, -0.1) is 4.40 Å². The van der Waals surface area contributed by atoms with E-state index in [0.717, 1.165) is 19.3 Å². The molecule has 28 heavy (non-hydrogen) atoms. The van der Waals surface area contributed by atoms with Crippen LogP contribution >= 0.6 is 0 Å². The normalized spacial score (nSPS) is 22.7. The second-order valence-corrected chi connectivity index (χ2v) is 8.91. The van der Waals surface area contributed by atoms with Crippen molar-refractivity contribution >= 4 is 27.7 Å². The molecule has 3 rings (SSSR count). The number of rotatable bonds is 5. The molecule has 1 aromatic carbocycles. The highest BCUT2D eigenvalue weighted by Crippen LogP contribution is 2.27. The van der Waals surface area contributed by atoms with E-state index in [-0.39, 0.29) is 35.8 Å². The first-order valence-electron chi connectivity index (χ1n) is 9.38. The van der Waals surface area contributed by atoms with Gasteiger partial charge in [0.15, 0.2) is 12.4 Å². The van der Waals surface area contributed by atoms with E-state index >= 15 is 0 Å². The van der Waals surface area contributed by atoms with Crippen molar-refractivity contribution in [2.45, 2.75) is 43.5 Å². The highest BCUT2D eigenvalue weighted by Gasteiger charge is 2.31. The Morgan fingerprint density at radius 1 is 1.25 bits per heavy atom. The van der Waals surface area contributed by atoms with Crippen LogP contribution in [0.2, 0.25) is 0 Å². The van der Waals surface area contributed by atoms with E-state index in [1.807, 2.05) is 0 Å². The summed E-state index contributed by atoms with van der Waals surface area (Å²) < 4.78 is 33.0. The van der Waals surface area contributed by atoms with Crippen molar-refractivity contribution in [2.75, 3.05) is 20.2 Å². The van der Waals surface area contributed by atoms with Gasteiger partial charge >= 0.3 is 5.97 Å². The van der Waals surface area contributed by atoms with Crippen molar-refractivity contribution in [1.29, 1.82) is 0 Å². The Balaban J connectivity index is 1.52. The molecular formula is C19H25N3O5S. The van der Waals surface area contributed by atoms with E-state index in [9.17, 15) is 18.0 Å². The molecule has 8 nitrogen and oxygen atoms in total. The maximum atomic E-state index is 12.1. The molecule has 0 saturated heterocycles. The van der Waals surface area contributed by atoms with Crippen LogP contribution in [-0.2, 0) is 24.3 Å². The number of nitrogens with zero attached hydrogens (tertiary/aromatic N) is 2. The van der Waals surface area contributed by atoms with Crippen LogP contribution in [0.15, 0.2) is 33.6 Å². The zero-order valence-electron chi connectivity index (χ0n) is 16.1. The van der Waals surface area contributed by atoms with Gasteiger partial charge in [0.05, 0.1) is 0 Å². The highest BCUT2D eigenvalue weighted by molar-refractivity contribution is 7.90. The number of amides is 1. The van der Waals surface area contributed by atoms with Gasteiger partial charge in [0.2, 0.25) is 0 Å². The van der Waals surface area contributed by atoms with Crippen LogP contribution in [0.4, 0.5) is 0 Å². The van der Waals surface area contributed by atoms with Gasteiger partial charge < -0.3 is 15.0 Å². The molecule has 0 radical (unpaired) electrons. The maximum Gasteiger partial charge on any atom is 0.326 e. The molecule has 0 bridgehead atoms. The molecule has 1 saturated carbocycles. The minimum Gasteiger partial charge on any atom is -0.454 e. The second kappa shape index (κ2) is 8.30. The summed E-state index contributed by atoms with van der Waals surface area (Å²) in [7, 11) is -2.20. The molecule has 1 heterocycles. The third-order valence-electron chi connectivity index (χ3n) is 5.16. The number of hydrogen-bond acceptors (Lipinski definition) is 6. The fourth-order valence-corrected chi connectivity index (χ4v) is 4.85. The number of amidine groups is 1. The minimum atomic E-state index is -3.75. The van der Waals surface area contributed by atoms with Crippen molar-refractivity contribution in [3.05, 3.63) is 29.8 Å². The number of fused-ring (bicyclic) bond motifs is 1. The average molecular weight is 407 g/mol. The lowest BCUT2D eigenvalue weighted by molar-refractivity contribution is -0.149. The Hall–Kier alpha value is -2.42. The lowest BCUT2D eigenvalue weighted by Crippen LogP contribution is -2.43. The zero-order chi connectivity index (χ0) is 20.3. The number of carbonyl (C=O) groups is 2. The first kappa shape index (κ1) is 20.3. The molecule has 1 aliphatic heterocycles. The van der Waals surface area contributed by atoms with E-state index in [2.05, 4.69) is 16.6 Å². The summed E-state index contributed by atoms with van der Waals surface area (Å²) in [5, 5.41) is 2.92. The Morgan fingerprint density at radius 2 is 1.96 bits per heavy atom. The van der Waals surface area contributed by atoms with E-state index in [1.54, 1.807) is 25.2 Å². The van der Waals surface area contributed by atoms with Crippen LogP contribution < -0.4 is 5.32 Å². The number of esters is 1. The quantitative estimate of drug-likeness (QED) is 0.738. The fraction of sp³-hybridized carbons (Fsp3) is 0.526. The molecule has 0 unspecified atom stereocenters. The first-order valence-corrected chi connectivity index (χ1v) is 10.8. The molecule has 152 valence electrons. The standard InChI is InChI=1S/C19H25N3O5S/c1-13-7-3-5-9-15(13)20-17(23)12-27-18(24)11-22(2)19-14-8-4-6-10-16(14)28(25,26)21-19/h4,6,8,10,13,15H,3,5,7,9,11-12H2,1-2H3,(H,20,23)/t13-,15-/m0/s1.